The molecule has 37 heavy (non-hydrogen) atoms. The largest absolute Gasteiger partial charge is 0.493 e. The maximum Gasteiger partial charge on any atom is 0.293 e. The Balaban J connectivity index is 1.46. The molecular weight excluding hydrogens is 718 g/mol. The van der Waals surface area contributed by atoms with Crippen LogP contribution in [-0.2, 0) is 16.1 Å². The molecule has 3 aromatic rings. The highest BCUT2D eigenvalue weighted by molar-refractivity contribution is 14.1. The summed E-state index contributed by atoms with van der Waals surface area (Å²) in [6.45, 7) is 1.97. The molecule has 1 N–H and O–H groups in total. The van der Waals surface area contributed by atoms with Gasteiger partial charge >= 0.3 is 0 Å². The van der Waals surface area contributed by atoms with E-state index in [1.54, 1.807) is 12.1 Å². The Morgan fingerprint density at radius 1 is 1.08 bits per heavy atom. The first-order valence-corrected chi connectivity index (χ1v) is 14.1. The van der Waals surface area contributed by atoms with Gasteiger partial charge in [-0.15, -0.1) is 0 Å². The lowest BCUT2D eigenvalue weighted by molar-refractivity contribution is -0.123. The molecule has 0 saturated carbocycles. The van der Waals surface area contributed by atoms with Gasteiger partial charge in [-0.1, -0.05) is 24.3 Å². The van der Waals surface area contributed by atoms with Crippen LogP contribution in [0.3, 0.4) is 0 Å². The number of amides is 3. The number of nitrogens with one attached hydrogen (secondary N) is 1. The molecule has 10 heteroatoms. The summed E-state index contributed by atoms with van der Waals surface area (Å²) in [4.78, 5) is 39.5. The zero-order valence-electron chi connectivity index (χ0n) is 19.9. The smallest absolute Gasteiger partial charge is 0.293 e. The number of aryl methyl sites for hydroxylation is 1. The summed E-state index contributed by atoms with van der Waals surface area (Å²) in [6, 6.07) is 18.7. The highest BCUT2D eigenvalue weighted by Crippen LogP contribution is 2.37. The number of hydrogen-bond acceptors (Lipinski definition) is 6. The predicted octanol–water partition coefficient (Wildman–Crippen LogP) is 6.47. The SMILES string of the molecule is COc1cc(/C=C2\SC(=O)N(Cc3ccc(I)cc3)C2=O)cc(I)c1OCC(=O)Nc1cccc(C)c1. The average Bonchev–Trinajstić information content (AvgIpc) is 3.11. The van der Waals surface area contributed by atoms with E-state index in [-0.39, 0.29) is 30.2 Å². The number of halogens is 2. The predicted molar refractivity (Wildman–Crippen MR) is 162 cm³/mol. The molecule has 1 aliphatic heterocycles. The Labute approximate surface area is 246 Å². The van der Waals surface area contributed by atoms with Gasteiger partial charge in [0.25, 0.3) is 17.1 Å². The van der Waals surface area contributed by atoms with Gasteiger partial charge in [0.05, 0.1) is 22.1 Å². The van der Waals surface area contributed by atoms with Gasteiger partial charge in [-0.05, 0) is 123 Å². The molecule has 0 spiro atoms. The number of ether oxygens (including phenoxy) is 2. The molecule has 0 aliphatic carbocycles. The first-order chi connectivity index (χ1) is 17.7. The monoisotopic (exact) mass is 740 g/mol. The van der Waals surface area contributed by atoms with Crippen molar-refractivity contribution in [3.8, 4) is 11.5 Å². The molecule has 1 heterocycles. The molecule has 7 nitrogen and oxygen atoms in total. The maximum absolute atomic E-state index is 13.0. The Morgan fingerprint density at radius 2 is 1.84 bits per heavy atom. The third-order valence-electron chi connectivity index (χ3n) is 5.33. The summed E-state index contributed by atoms with van der Waals surface area (Å²) in [5.74, 6) is 0.205. The number of thioether (sulfide) groups is 1. The molecule has 4 rings (SSSR count). The van der Waals surface area contributed by atoms with Crippen molar-refractivity contribution < 1.29 is 23.9 Å². The number of imide groups is 1. The van der Waals surface area contributed by atoms with Gasteiger partial charge in [-0.2, -0.15) is 0 Å². The normalized spacial score (nSPS) is 14.3. The molecular formula is C27H22I2N2O5S. The van der Waals surface area contributed by atoms with Crippen LogP contribution < -0.4 is 14.8 Å². The van der Waals surface area contributed by atoms with Gasteiger partial charge in [-0.25, -0.2) is 0 Å². The van der Waals surface area contributed by atoms with Crippen molar-refractivity contribution in [2.45, 2.75) is 13.5 Å². The van der Waals surface area contributed by atoms with Crippen LogP contribution in [0, 0.1) is 14.1 Å². The van der Waals surface area contributed by atoms with Crippen molar-refractivity contribution in [1.82, 2.24) is 4.90 Å². The van der Waals surface area contributed by atoms with Crippen molar-refractivity contribution in [3.05, 3.63) is 89.4 Å². The number of rotatable bonds is 8. The van der Waals surface area contributed by atoms with E-state index in [9.17, 15) is 14.4 Å². The second kappa shape index (κ2) is 12.3. The van der Waals surface area contributed by atoms with E-state index in [1.165, 1.54) is 12.0 Å². The summed E-state index contributed by atoms with van der Waals surface area (Å²) in [6.07, 6.45) is 1.66. The van der Waals surface area contributed by atoms with Gasteiger partial charge in [-0.3, -0.25) is 19.3 Å². The number of nitrogens with zero attached hydrogens (tertiary/aromatic N) is 1. The lowest BCUT2D eigenvalue weighted by Crippen LogP contribution is -2.27. The third-order valence-corrected chi connectivity index (χ3v) is 7.75. The fourth-order valence-electron chi connectivity index (χ4n) is 3.58. The van der Waals surface area contributed by atoms with Crippen LogP contribution >= 0.6 is 56.9 Å². The summed E-state index contributed by atoms with van der Waals surface area (Å²) in [5, 5.41) is 2.50. The molecule has 0 atom stereocenters. The minimum absolute atomic E-state index is 0.197. The molecule has 190 valence electrons. The first kappa shape index (κ1) is 27.5. The van der Waals surface area contributed by atoms with Crippen molar-refractivity contribution in [3.63, 3.8) is 0 Å². The van der Waals surface area contributed by atoms with Crippen LogP contribution in [0.5, 0.6) is 11.5 Å². The zero-order valence-corrected chi connectivity index (χ0v) is 25.0. The third kappa shape index (κ3) is 7.05. The first-order valence-electron chi connectivity index (χ1n) is 11.1. The van der Waals surface area contributed by atoms with Crippen LogP contribution in [0.25, 0.3) is 6.08 Å². The molecule has 0 aromatic heterocycles. The average molecular weight is 740 g/mol. The van der Waals surface area contributed by atoms with Crippen molar-refractivity contribution in [1.29, 1.82) is 0 Å². The van der Waals surface area contributed by atoms with Crippen LogP contribution in [0.2, 0.25) is 0 Å². The zero-order chi connectivity index (χ0) is 26.5. The van der Waals surface area contributed by atoms with Gasteiger partial charge in [0.15, 0.2) is 18.1 Å². The minimum Gasteiger partial charge on any atom is -0.493 e. The van der Waals surface area contributed by atoms with E-state index in [2.05, 4.69) is 50.5 Å². The summed E-state index contributed by atoms with van der Waals surface area (Å²) in [5.41, 5.74) is 3.30. The lowest BCUT2D eigenvalue weighted by atomic mass is 10.1. The Morgan fingerprint density at radius 3 is 2.54 bits per heavy atom. The second-order valence-electron chi connectivity index (χ2n) is 8.13. The van der Waals surface area contributed by atoms with Gasteiger partial charge < -0.3 is 14.8 Å². The summed E-state index contributed by atoms with van der Waals surface area (Å²) >= 11 is 5.21. The van der Waals surface area contributed by atoms with E-state index < -0.39 is 0 Å². The fourth-order valence-corrected chi connectivity index (χ4v) is 5.56. The summed E-state index contributed by atoms with van der Waals surface area (Å²) < 4.78 is 13.1. The Kier molecular flexibility index (Phi) is 9.13. The highest BCUT2D eigenvalue weighted by Gasteiger charge is 2.35. The number of hydrogen-bond donors (Lipinski definition) is 1. The van der Waals surface area contributed by atoms with E-state index in [4.69, 9.17) is 9.47 Å². The van der Waals surface area contributed by atoms with Crippen LogP contribution in [0.4, 0.5) is 10.5 Å². The van der Waals surface area contributed by atoms with Gasteiger partial charge in [0, 0.05) is 9.26 Å². The molecule has 3 aromatic carbocycles. The molecule has 1 aliphatic rings. The Hall–Kier alpha value is -2.58. The van der Waals surface area contributed by atoms with E-state index >= 15 is 0 Å². The quantitative estimate of drug-likeness (QED) is 0.211. The van der Waals surface area contributed by atoms with E-state index in [1.807, 2.05) is 61.5 Å². The fraction of sp³-hybridized carbons (Fsp3) is 0.148. The molecule has 0 radical (unpaired) electrons. The Bertz CT molecular complexity index is 1390. The number of methoxy groups -OCH3 is 1. The molecule has 1 fully saturated rings. The molecule has 3 amide bonds. The standard InChI is InChI=1S/C27H22I2N2O5S/c1-16-4-3-5-20(10-16)30-24(32)15-36-25-21(29)11-18(12-22(25)35-2)13-23-26(33)31(27(34)37-23)14-17-6-8-19(28)9-7-17/h3-13H,14-15H2,1-2H3,(H,30,32)/b23-13-. The van der Waals surface area contributed by atoms with Crippen LogP contribution in [0.1, 0.15) is 16.7 Å². The highest BCUT2D eigenvalue weighted by atomic mass is 127. The molecule has 1 saturated heterocycles. The number of carbonyl (C=O) groups excluding carboxylic acids is 3. The van der Waals surface area contributed by atoms with E-state index in [0.29, 0.717) is 31.2 Å². The second-order valence-corrected chi connectivity index (χ2v) is 11.5. The van der Waals surface area contributed by atoms with Gasteiger partial charge in [0.2, 0.25) is 0 Å². The number of benzene rings is 3. The van der Waals surface area contributed by atoms with Crippen LogP contribution in [-0.4, -0.2) is 35.7 Å². The molecule has 0 unspecified atom stereocenters. The number of carbonyl (C=O) groups is 3. The van der Waals surface area contributed by atoms with Crippen molar-refractivity contribution >= 4 is 85.8 Å². The molecule has 0 bridgehead atoms. The summed E-state index contributed by atoms with van der Waals surface area (Å²) in [7, 11) is 1.50. The topological polar surface area (TPSA) is 84.9 Å². The lowest BCUT2D eigenvalue weighted by Gasteiger charge is -2.14. The maximum atomic E-state index is 13.0. The van der Waals surface area contributed by atoms with E-state index in [0.717, 1.165) is 26.5 Å². The number of anilines is 1. The van der Waals surface area contributed by atoms with Crippen molar-refractivity contribution in [2.75, 3.05) is 19.0 Å². The van der Waals surface area contributed by atoms with Crippen molar-refractivity contribution in [2.24, 2.45) is 0 Å². The minimum atomic E-state index is -0.337. The van der Waals surface area contributed by atoms with Crippen LogP contribution in [0.15, 0.2) is 65.6 Å². The van der Waals surface area contributed by atoms with Gasteiger partial charge in [0.1, 0.15) is 0 Å².